The minimum absolute atomic E-state index is 0.0490. The summed E-state index contributed by atoms with van der Waals surface area (Å²) in [6.07, 6.45) is 8.35. The van der Waals surface area contributed by atoms with E-state index in [0.29, 0.717) is 49.1 Å². The molecule has 1 N–H and O–H groups in total. The Morgan fingerprint density at radius 3 is 2.77 bits per heavy atom. The molecule has 1 saturated heterocycles. The van der Waals surface area contributed by atoms with E-state index >= 15 is 0 Å². The van der Waals surface area contributed by atoms with Crippen molar-refractivity contribution in [3.05, 3.63) is 66.1 Å². The molecule has 0 aliphatic carbocycles. The van der Waals surface area contributed by atoms with E-state index in [9.17, 15) is 14.7 Å². The second kappa shape index (κ2) is 12.1. The molecule has 10 heteroatoms. The number of carbonyl (C=O) groups is 2. The summed E-state index contributed by atoms with van der Waals surface area (Å²) in [5.41, 5.74) is 1.69. The largest absolute Gasteiger partial charge is 0.481 e. The fraction of sp³-hybridized carbons (Fsp3) is 0.467. The van der Waals surface area contributed by atoms with Crippen molar-refractivity contribution in [1.29, 1.82) is 0 Å². The zero-order chi connectivity index (χ0) is 28.2. The molecule has 0 bridgehead atoms. The van der Waals surface area contributed by atoms with Crippen LogP contribution in [0.15, 0.2) is 53.3 Å². The molecule has 2 aliphatic heterocycles. The maximum Gasteiger partial charge on any atom is 0.308 e. The number of pyridine rings is 1. The number of aliphatic carboxylic acids is 1. The van der Waals surface area contributed by atoms with Crippen molar-refractivity contribution in [2.45, 2.75) is 51.5 Å². The fourth-order valence-corrected chi connectivity index (χ4v) is 5.83. The smallest absolute Gasteiger partial charge is 0.308 e. The average molecular weight is 550 g/mol. The Balaban J connectivity index is 1.44. The summed E-state index contributed by atoms with van der Waals surface area (Å²) < 4.78 is 18.7. The van der Waals surface area contributed by atoms with Crippen molar-refractivity contribution < 1.29 is 33.2 Å². The van der Waals surface area contributed by atoms with E-state index in [-0.39, 0.29) is 31.2 Å². The number of hydrogen-bond donors (Lipinski definition) is 1. The van der Waals surface area contributed by atoms with Crippen molar-refractivity contribution in [3.63, 3.8) is 0 Å². The van der Waals surface area contributed by atoms with Gasteiger partial charge in [-0.25, -0.2) is 9.55 Å². The number of carboxylic acids is 1. The molecular formula is C30H37N4O6+. The van der Waals surface area contributed by atoms with Crippen LogP contribution in [0.1, 0.15) is 49.3 Å². The minimum Gasteiger partial charge on any atom is -0.481 e. The van der Waals surface area contributed by atoms with Crippen LogP contribution in [0.5, 0.6) is 11.5 Å². The number of rotatable bonds is 11. The Hall–Kier alpha value is -3.92. The molecule has 3 aromatic rings. The molecule has 0 spiro atoms. The normalized spacial score (nSPS) is 20.1. The summed E-state index contributed by atoms with van der Waals surface area (Å²) in [5.74, 6) is 0.573. The zero-order valence-corrected chi connectivity index (χ0v) is 23.3. The number of oxazole rings is 1. The van der Waals surface area contributed by atoms with E-state index in [1.807, 2.05) is 71.1 Å². The van der Waals surface area contributed by atoms with Crippen LogP contribution in [0.4, 0.5) is 5.69 Å². The number of benzene rings is 1. The Bertz CT molecular complexity index is 1360. The summed E-state index contributed by atoms with van der Waals surface area (Å²) in [7, 11) is 1.93. The van der Waals surface area contributed by atoms with Crippen molar-refractivity contribution >= 4 is 17.6 Å². The van der Waals surface area contributed by atoms with Gasteiger partial charge in [0, 0.05) is 37.5 Å². The van der Waals surface area contributed by atoms with E-state index in [1.54, 1.807) is 6.20 Å². The van der Waals surface area contributed by atoms with Gasteiger partial charge in [0.2, 0.25) is 12.7 Å². The Morgan fingerprint density at radius 1 is 1.23 bits per heavy atom. The van der Waals surface area contributed by atoms with Crippen LogP contribution in [0.3, 0.4) is 0 Å². The van der Waals surface area contributed by atoms with Crippen LogP contribution < -0.4 is 18.9 Å². The van der Waals surface area contributed by atoms with E-state index < -0.39 is 11.9 Å². The lowest BCUT2D eigenvalue weighted by Gasteiger charge is -2.29. The van der Waals surface area contributed by atoms with Crippen LogP contribution in [0.2, 0.25) is 0 Å². The molecule has 212 valence electrons. The predicted molar refractivity (Wildman–Crippen MR) is 146 cm³/mol. The number of amides is 1. The molecule has 1 aromatic carbocycles. The average Bonchev–Trinajstić information content (AvgIpc) is 3.65. The molecule has 1 fully saturated rings. The van der Waals surface area contributed by atoms with Gasteiger partial charge in [0.1, 0.15) is 18.5 Å². The first-order chi connectivity index (χ1) is 19.3. The predicted octanol–water partition coefficient (Wildman–Crippen LogP) is 3.47. The third kappa shape index (κ3) is 5.96. The number of carboxylic acid groups (broad SMARTS) is 1. The van der Waals surface area contributed by atoms with Gasteiger partial charge < -0.3 is 23.9 Å². The van der Waals surface area contributed by atoms with Crippen LogP contribution in [-0.2, 0) is 23.1 Å². The maximum atomic E-state index is 13.9. The highest BCUT2D eigenvalue weighted by atomic mass is 16.7. The number of anilines is 1. The van der Waals surface area contributed by atoms with Crippen molar-refractivity contribution in [1.82, 2.24) is 9.88 Å². The molecular weight excluding hydrogens is 512 g/mol. The lowest BCUT2D eigenvalue weighted by Crippen LogP contribution is -2.45. The van der Waals surface area contributed by atoms with Gasteiger partial charge in [0.05, 0.1) is 18.7 Å². The number of likely N-dealkylation sites (tertiary alicyclic amines) is 1. The lowest BCUT2D eigenvalue weighted by molar-refractivity contribution is -0.670. The second-order valence-corrected chi connectivity index (χ2v) is 10.6. The Kier molecular flexibility index (Phi) is 8.35. The van der Waals surface area contributed by atoms with Crippen LogP contribution in [-0.4, -0.2) is 59.3 Å². The highest BCUT2D eigenvalue weighted by Gasteiger charge is 2.47. The molecule has 3 atom stereocenters. The topological polar surface area (TPSA) is 109 Å². The first kappa shape index (κ1) is 27.6. The second-order valence-electron chi connectivity index (χ2n) is 10.6. The molecule has 10 nitrogen and oxygen atoms in total. The van der Waals surface area contributed by atoms with Gasteiger partial charge in [-0.2, -0.15) is 0 Å². The van der Waals surface area contributed by atoms with Gasteiger partial charge in [-0.15, -0.1) is 0 Å². The highest BCUT2D eigenvalue weighted by molar-refractivity contribution is 5.94. The number of nitrogens with zero attached hydrogens (tertiary/aromatic N) is 4. The van der Waals surface area contributed by atoms with Crippen molar-refractivity contribution in [3.8, 4) is 11.5 Å². The molecule has 40 heavy (non-hydrogen) atoms. The standard InChI is InChI=1S/C30H36N4O6/c1-4-5-13-34(22-7-6-12-32(3)16-22)28(35)18-33-17-23(21-8-10-25-26(14-21)39-19-38-25)29(30(36)37)24(33)9-11-27-31-15-20(2)40-27/h6-8,10,12,14-16,23-24,29H,4-5,9,11,13,17-19H2,1-3H3/p+1/t23-,24+,29-/m1/s1. The molecule has 5 rings (SSSR count). The fourth-order valence-electron chi connectivity index (χ4n) is 5.83. The van der Waals surface area contributed by atoms with Crippen molar-refractivity contribution in [2.75, 3.05) is 31.3 Å². The summed E-state index contributed by atoms with van der Waals surface area (Å²) in [5, 5.41) is 10.5. The van der Waals surface area contributed by atoms with Gasteiger partial charge in [0.15, 0.2) is 29.8 Å². The summed E-state index contributed by atoms with van der Waals surface area (Å²) in [4.78, 5) is 34.8. The Morgan fingerprint density at radius 2 is 2.05 bits per heavy atom. The summed E-state index contributed by atoms with van der Waals surface area (Å²) >= 11 is 0. The molecule has 2 aromatic heterocycles. The highest BCUT2D eigenvalue weighted by Crippen LogP contribution is 2.43. The van der Waals surface area contributed by atoms with E-state index in [0.717, 1.165) is 24.1 Å². The van der Waals surface area contributed by atoms with Gasteiger partial charge in [-0.1, -0.05) is 19.4 Å². The lowest BCUT2D eigenvalue weighted by atomic mass is 9.83. The summed E-state index contributed by atoms with van der Waals surface area (Å²) in [6, 6.07) is 9.09. The number of ether oxygens (including phenoxy) is 2. The SMILES string of the molecule is CCCCN(C(=O)CN1C[C@H](c2ccc3c(c2)OCO3)[C@@H](C(=O)O)[C@@H]1CCc1ncc(C)o1)c1ccc[n+](C)c1. The van der Waals surface area contributed by atoms with Crippen LogP contribution >= 0.6 is 0 Å². The molecule has 4 heterocycles. The molecule has 1 amide bonds. The first-order valence-corrected chi connectivity index (χ1v) is 13.9. The molecule has 0 unspecified atom stereocenters. The first-order valence-electron chi connectivity index (χ1n) is 13.9. The Labute approximate surface area is 234 Å². The number of aryl methyl sites for hydroxylation is 3. The molecule has 0 radical (unpaired) electrons. The number of aromatic nitrogens is 2. The summed E-state index contributed by atoms with van der Waals surface area (Å²) in [6.45, 7) is 5.23. The van der Waals surface area contributed by atoms with Gasteiger partial charge in [0.25, 0.3) is 0 Å². The third-order valence-electron chi connectivity index (χ3n) is 7.79. The van der Waals surface area contributed by atoms with Gasteiger partial charge >= 0.3 is 5.97 Å². The third-order valence-corrected chi connectivity index (χ3v) is 7.79. The molecule has 0 saturated carbocycles. The quantitative estimate of drug-likeness (QED) is 0.362. The molecule has 2 aliphatic rings. The van der Waals surface area contributed by atoms with E-state index in [1.165, 1.54) is 0 Å². The zero-order valence-electron chi connectivity index (χ0n) is 23.3. The minimum atomic E-state index is -0.885. The number of unbranched alkanes of at least 4 members (excludes halogenated alkanes) is 1. The maximum absolute atomic E-state index is 13.9. The van der Waals surface area contributed by atoms with Gasteiger partial charge in [-0.05, 0) is 43.5 Å². The van der Waals surface area contributed by atoms with Crippen molar-refractivity contribution in [2.24, 2.45) is 13.0 Å². The van der Waals surface area contributed by atoms with Gasteiger partial charge in [-0.3, -0.25) is 14.5 Å². The van der Waals surface area contributed by atoms with E-state index in [4.69, 9.17) is 13.9 Å². The monoisotopic (exact) mass is 549 g/mol. The van der Waals surface area contributed by atoms with Crippen LogP contribution in [0, 0.1) is 12.8 Å². The number of carbonyl (C=O) groups excluding carboxylic acids is 1. The van der Waals surface area contributed by atoms with E-state index in [2.05, 4.69) is 11.9 Å². The number of hydrogen-bond acceptors (Lipinski definition) is 7. The van der Waals surface area contributed by atoms with Crippen LogP contribution in [0.25, 0.3) is 0 Å². The number of fused-ring (bicyclic) bond motifs is 1.